The lowest BCUT2D eigenvalue weighted by Crippen LogP contribution is -2.55. The SMILES string of the molecule is O=C(N[C@H](C(=O)N1C[C@@H](Cl)[C@H]2OCC(=O)[C@H]21)C1CCCCC1)c1cccc(-n2ccnc2)c1.S.S.S.S. The highest BCUT2D eigenvalue weighted by Gasteiger charge is 2.53. The Hall–Kier alpha value is -1.31. The first-order valence-electron chi connectivity index (χ1n) is 11.5. The van der Waals surface area contributed by atoms with Crippen molar-refractivity contribution in [3.63, 3.8) is 0 Å². The Balaban J connectivity index is 0.00000171. The molecule has 3 heterocycles. The third-order valence-electron chi connectivity index (χ3n) is 6.99. The van der Waals surface area contributed by atoms with E-state index in [-0.39, 0.29) is 90.6 Å². The second-order valence-corrected chi connectivity index (χ2v) is 9.62. The minimum Gasteiger partial charge on any atom is -0.366 e. The fraction of sp³-hybridized carbons (Fsp3) is 0.500. The third-order valence-corrected chi connectivity index (χ3v) is 7.38. The van der Waals surface area contributed by atoms with Gasteiger partial charge in [0.05, 0.1) is 11.7 Å². The molecule has 1 N–H and O–H groups in total. The van der Waals surface area contributed by atoms with Crippen molar-refractivity contribution in [2.75, 3.05) is 13.2 Å². The number of hydrogen-bond acceptors (Lipinski definition) is 5. The second kappa shape index (κ2) is 14.7. The van der Waals surface area contributed by atoms with Gasteiger partial charge in [-0.3, -0.25) is 14.4 Å². The average Bonchev–Trinajstić information content (AvgIpc) is 3.58. The van der Waals surface area contributed by atoms with Gasteiger partial charge in [-0.25, -0.2) is 4.98 Å². The van der Waals surface area contributed by atoms with Crippen LogP contribution in [0.3, 0.4) is 0 Å². The van der Waals surface area contributed by atoms with Gasteiger partial charge in [0.25, 0.3) is 5.91 Å². The van der Waals surface area contributed by atoms with Crippen molar-refractivity contribution >= 4 is 83.2 Å². The van der Waals surface area contributed by atoms with E-state index in [4.69, 9.17) is 16.3 Å². The molecule has 37 heavy (non-hydrogen) atoms. The van der Waals surface area contributed by atoms with Crippen LogP contribution in [0.15, 0.2) is 43.0 Å². The maximum atomic E-state index is 13.7. The van der Waals surface area contributed by atoms with Gasteiger partial charge in [0, 0.05) is 30.2 Å². The lowest BCUT2D eigenvalue weighted by atomic mass is 9.83. The molecule has 0 bridgehead atoms. The number of nitrogens with one attached hydrogen (secondary N) is 1. The zero-order chi connectivity index (χ0) is 22.9. The highest BCUT2D eigenvalue weighted by Crippen LogP contribution is 2.34. The van der Waals surface area contributed by atoms with E-state index in [1.54, 1.807) is 41.8 Å². The molecule has 0 spiro atoms. The molecular weight excluding hydrogens is 572 g/mol. The number of benzene rings is 1. The number of hydrogen-bond donors (Lipinski definition) is 1. The second-order valence-electron chi connectivity index (χ2n) is 9.06. The number of imidazole rings is 1. The molecule has 206 valence electrons. The molecule has 5 rings (SSSR count). The zero-order valence-electron chi connectivity index (χ0n) is 20.2. The van der Waals surface area contributed by atoms with Crippen LogP contribution in [-0.4, -0.2) is 68.8 Å². The average molecular weight is 607 g/mol. The molecule has 3 aliphatic rings. The molecule has 3 fully saturated rings. The van der Waals surface area contributed by atoms with Gasteiger partial charge in [0.1, 0.15) is 24.8 Å². The third kappa shape index (κ3) is 7.02. The predicted molar refractivity (Wildman–Crippen MR) is 163 cm³/mol. The highest BCUT2D eigenvalue weighted by atomic mass is 35.5. The number of aromatic nitrogens is 2. The monoisotopic (exact) mass is 606 g/mol. The quantitative estimate of drug-likeness (QED) is 0.529. The molecular formula is C24H35ClN4O4S4. The summed E-state index contributed by atoms with van der Waals surface area (Å²) >= 11 is 6.41. The summed E-state index contributed by atoms with van der Waals surface area (Å²) in [6.45, 7) is 0.223. The van der Waals surface area contributed by atoms with Crippen LogP contribution in [0.2, 0.25) is 0 Å². The minimum atomic E-state index is -0.703. The van der Waals surface area contributed by atoms with Gasteiger partial charge in [0.2, 0.25) is 5.91 Å². The number of carbonyl (C=O) groups is 3. The van der Waals surface area contributed by atoms with Crippen molar-refractivity contribution in [3.05, 3.63) is 48.5 Å². The molecule has 0 radical (unpaired) electrons. The van der Waals surface area contributed by atoms with Crippen molar-refractivity contribution < 1.29 is 19.1 Å². The summed E-state index contributed by atoms with van der Waals surface area (Å²) < 4.78 is 7.35. The van der Waals surface area contributed by atoms with Crippen LogP contribution in [0.1, 0.15) is 42.5 Å². The lowest BCUT2D eigenvalue weighted by Gasteiger charge is -2.34. The lowest BCUT2D eigenvalue weighted by molar-refractivity contribution is -0.139. The summed E-state index contributed by atoms with van der Waals surface area (Å²) in [5, 5.41) is 2.58. The summed E-state index contributed by atoms with van der Waals surface area (Å²) in [6, 6.07) is 5.83. The van der Waals surface area contributed by atoms with Gasteiger partial charge < -0.3 is 19.5 Å². The van der Waals surface area contributed by atoms with E-state index < -0.39 is 23.6 Å². The summed E-state index contributed by atoms with van der Waals surface area (Å²) in [7, 11) is 0. The van der Waals surface area contributed by atoms with E-state index in [2.05, 4.69) is 10.3 Å². The largest absolute Gasteiger partial charge is 0.366 e. The molecule has 2 amide bonds. The molecule has 1 aromatic heterocycles. The van der Waals surface area contributed by atoms with Crippen LogP contribution >= 0.6 is 65.6 Å². The van der Waals surface area contributed by atoms with Crippen molar-refractivity contribution in [1.29, 1.82) is 0 Å². The van der Waals surface area contributed by atoms with Crippen LogP contribution in [0.5, 0.6) is 0 Å². The van der Waals surface area contributed by atoms with Crippen molar-refractivity contribution in [2.24, 2.45) is 5.92 Å². The first kappa shape index (κ1) is 33.7. The van der Waals surface area contributed by atoms with Gasteiger partial charge in [-0.1, -0.05) is 25.3 Å². The van der Waals surface area contributed by atoms with E-state index in [1.807, 2.05) is 10.6 Å². The molecule has 2 aromatic rings. The van der Waals surface area contributed by atoms with E-state index >= 15 is 0 Å². The number of ketones is 1. The normalized spacial score (nSPS) is 23.4. The number of likely N-dealkylation sites (tertiary alicyclic amines) is 1. The predicted octanol–water partition coefficient (Wildman–Crippen LogP) is 2.79. The van der Waals surface area contributed by atoms with Crippen molar-refractivity contribution in [1.82, 2.24) is 19.8 Å². The number of carbonyl (C=O) groups excluding carboxylic acids is 3. The zero-order valence-corrected chi connectivity index (χ0v) is 25.0. The van der Waals surface area contributed by atoms with Gasteiger partial charge in [-0.2, -0.15) is 54.0 Å². The standard InChI is InChI=1S/C24H27ClN4O4.4H2S/c25-18-12-29(21-19(30)13-33-22(18)21)24(32)20(15-5-2-1-3-6-15)27-23(31)16-7-4-8-17(11-16)28-10-9-26-14-28;;;;/h4,7-11,14-15,18,20-22H,1-3,5-6,12-13H2,(H,27,31);4*1H2/t18-,20+,21-,22-;;;;/m1..../s1. The Bertz CT molecular complexity index is 1060. The minimum absolute atomic E-state index is 0. The van der Waals surface area contributed by atoms with E-state index in [9.17, 15) is 14.4 Å². The highest BCUT2D eigenvalue weighted by molar-refractivity contribution is 7.59. The van der Waals surface area contributed by atoms with Crippen LogP contribution in [-0.2, 0) is 14.3 Å². The summed E-state index contributed by atoms with van der Waals surface area (Å²) in [5.74, 6) is -0.651. The van der Waals surface area contributed by atoms with Crippen LogP contribution in [0.25, 0.3) is 5.69 Å². The number of alkyl halides is 1. The van der Waals surface area contributed by atoms with Gasteiger partial charge in [-0.05, 0) is 37.0 Å². The molecule has 1 aromatic carbocycles. The van der Waals surface area contributed by atoms with Crippen molar-refractivity contribution in [3.8, 4) is 5.69 Å². The Morgan fingerprint density at radius 1 is 1.11 bits per heavy atom. The van der Waals surface area contributed by atoms with E-state index in [1.165, 1.54) is 0 Å². The first-order valence-corrected chi connectivity index (χ1v) is 11.9. The number of ether oxygens (including phenoxy) is 1. The molecule has 1 saturated carbocycles. The Kier molecular flexibility index (Phi) is 13.4. The number of nitrogens with zero attached hydrogens (tertiary/aromatic N) is 3. The van der Waals surface area contributed by atoms with Gasteiger partial charge in [-0.15, -0.1) is 11.6 Å². The molecule has 1 aliphatic carbocycles. The Morgan fingerprint density at radius 2 is 1.84 bits per heavy atom. The van der Waals surface area contributed by atoms with Crippen LogP contribution in [0.4, 0.5) is 0 Å². The molecule has 2 aliphatic heterocycles. The van der Waals surface area contributed by atoms with Crippen molar-refractivity contribution in [2.45, 2.75) is 55.7 Å². The topological polar surface area (TPSA) is 93.5 Å². The van der Waals surface area contributed by atoms with Gasteiger partial charge in [0.15, 0.2) is 5.78 Å². The fourth-order valence-electron chi connectivity index (χ4n) is 5.30. The summed E-state index contributed by atoms with van der Waals surface area (Å²) in [6.07, 6.45) is 9.56. The number of amides is 2. The fourth-order valence-corrected chi connectivity index (χ4v) is 5.65. The maximum Gasteiger partial charge on any atom is 0.252 e. The molecule has 13 heteroatoms. The smallest absolute Gasteiger partial charge is 0.252 e. The number of Topliss-reactive ketones (excluding diaryl/α,β-unsaturated/α-hetero) is 1. The Labute approximate surface area is 250 Å². The van der Waals surface area contributed by atoms with Gasteiger partial charge >= 0.3 is 0 Å². The molecule has 8 nitrogen and oxygen atoms in total. The molecule has 0 unspecified atom stereocenters. The van der Waals surface area contributed by atoms with E-state index in [0.29, 0.717) is 5.56 Å². The van der Waals surface area contributed by atoms with E-state index in [0.717, 1.165) is 37.8 Å². The molecule has 2 saturated heterocycles. The Morgan fingerprint density at radius 3 is 2.51 bits per heavy atom. The maximum absolute atomic E-state index is 13.7. The number of rotatable bonds is 5. The number of halogens is 1. The number of fused-ring (bicyclic) bond motifs is 1. The molecule has 4 atom stereocenters. The first-order chi connectivity index (χ1) is 16.0. The summed E-state index contributed by atoms with van der Waals surface area (Å²) in [4.78, 5) is 45.0. The van der Waals surface area contributed by atoms with Crippen LogP contribution < -0.4 is 5.32 Å². The van der Waals surface area contributed by atoms with Crippen LogP contribution in [0, 0.1) is 5.92 Å². The summed E-state index contributed by atoms with van der Waals surface area (Å²) in [5.41, 5.74) is 1.27.